The summed E-state index contributed by atoms with van der Waals surface area (Å²) in [6, 6.07) is 0. The van der Waals surface area contributed by atoms with Crippen LogP contribution in [0.25, 0.3) is 0 Å². The van der Waals surface area contributed by atoms with Gasteiger partial charge in [0.15, 0.2) is 4.60 Å². The molecule has 0 aliphatic heterocycles. The fourth-order valence-corrected chi connectivity index (χ4v) is 1.22. The van der Waals surface area contributed by atoms with Crippen LogP contribution in [0, 0.1) is 0 Å². The molecule has 0 radical (unpaired) electrons. The zero-order valence-corrected chi connectivity index (χ0v) is 8.22. The molecule has 0 bridgehead atoms. The molecule has 0 amide bonds. The van der Waals surface area contributed by atoms with Gasteiger partial charge in [-0.25, -0.2) is 0 Å². The van der Waals surface area contributed by atoms with E-state index < -0.39 is 0 Å². The van der Waals surface area contributed by atoms with Crippen molar-refractivity contribution >= 4 is 15.9 Å². The summed E-state index contributed by atoms with van der Waals surface area (Å²) in [5, 5.41) is 11.4. The monoisotopic (exact) mass is 218 g/mol. The van der Waals surface area contributed by atoms with Gasteiger partial charge in [0.25, 0.3) is 0 Å². The maximum atomic E-state index is 4.14. The van der Waals surface area contributed by atoms with Gasteiger partial charge in [0.2, 0.25) is 0 Å². The Morgan fingerprint density at radius 3 is 2.73 bits per heavy atom. The molecule has 0 unspecified atom stereocenters. The number of nitrogens with zero attached hydrogens (tertiary/aromatic N) is 3. The minimum atomic E-state index is 0.769. The standard InChI is InChI=1S/C6H11BrN4/c1-3-8-4-5-6(7)10-11(2)9-5/h8H,3-4H2,1-2H3. The number of nitrogens with one attached hydrogen (secondary N) is 1. The lowest BCUT2D eigenvalue weighted by atomic mass is 10.5. The molecule has 11 heavy (non-hydrogen) atoms. The van der Waals surface area contributed by atoms with Crippen LogP contribution < -0.4 is 5.32 Å². The van der Waals surface area contributed by atoms with Gasteiger partial charge in [0, 0.05) is 13.6 Å². The van der Waals surface area contributed by atoms with Crippen LogP contribution in [0.1, 0.15) is 12.6 Å². The van der Waals surface area contributed by atoms with E-state index in [2.05, 4.69) is 38.4 Å². The zero-order valence-electron chi connectivity index (χ0n) is 6.63. The highest BCUT2D eigenvalue weighted by atomic mass is 79.9. The highest BCUT2D eigenvalue weighted by Gasteiger charge is 2.04. The minimum Gasteiger partial charge on any atom is -0.311 e. The molecule has 1 rings (SSSR count). The van der Waals surface area contributed by atoms with Crippen LogP contribution in [0.5, 0.6) is 0 Å². The molecule has 1 aromatic rings. The number of hydrogen-bond acceptors (Lipinski definition) is 3. The normalized spacial score (nSPS) is 10.5. The number of aryl methyl sites for hydroxylation is 1. The molecule has 0 aliphatic carbocycles. The summed E-state index contributed by atoms with van der Waals surface area (Å²) in [4.78, 5) is 1.55. The largest absolute Gasteiger partial charge is 0.311 e. The second kappa shape index (κ2) is 3.82. The van der Waals surface area contributed by atoms with Crippen LogP contribution in [0.3, 0.4) is 0 Å². The Morgan fingerprint density at radius 2 is 2.27 bits per heavy atom. The second-order valence-electron chi connectivity index (χ2n) is 2.21. The summed E-state index contributed by atoms with van der Waals surface area (Å²) >= 11 is 3.31. The van der Waals surface area contributed by atoms with Crippen LogP contribution in [0.15, 0.2) is 4.60 Å². The molecule has 5 heteroatoms. The van der Waals surface area contributed by atoms with Crippen molar-refractivity contribution in [3.63, 3.8) is 0 Å². The summed E-state index contributed by atoms with van der Waals surface area (Å²) in [6.07, 6.45) is 0. The first kappa shape index (κ1) is 8.67. The highest BCUT2D eigenvalue weighted by Crippen LogP contribution is 2.09. The number of rotatable bonds is 3. The number of aromatic nitrogens is 3. The van der Waals surface area contributed by atoms with Gasteiger partial charge in [-0.2, -0.15) is 9.90 Å². The van der Waals surface area contributed by atoms with Crippen LogP contribution in [0.4, 0.5) is 0 Å². The maximum absolute atomic E-state index is 4.14. The smallest absolute Gasteiger partial charge is 0.152 e. The van der Waals surface area contributed by atoms with Gasteiger partial charge in [-0.3, -0.25) is 0 Å². The Hall–Kier alpha value is -0.420. The van der Waals surface area contributed by atoms with Crippen molar-refractivity contribution in [3.8, 4) is 0 Å². The molecule has 4 nitrogen and oxygen atoms in total. The second-order valence-corrected chi connectivity index (χ2v) is 2.96. The van der Waals surface area contributed by atoms with Crippen LogP contribution in [-0.2, 0) is 13.6 Å². The van der Waals surface area contributed by atoms with Crippen molar-refractivity contribution in [1.29, 1.82) is 0 Å². The third-order valence-corrected chi connectivity index (χ3v) is 1.89. The summed E-state index contributed by atoms with van der Waals surface area (Å²) in [5.74, 6) is 0. The maximum Gasteiger partial charge on any atom is 0.152 e. The molecule has 0 spiro atoms. The average molecular weight is 219 g/mol. The van der Waals surface area contributed by atoms with E-state index in [1.165, 1.54) is 0 Å². The summed E-state index contributed by atoms with van der Waals surface area (Å²) < 4.78 is 0.820. The van der Waals surface area contributed by atoms with E-state index in [1.54, 1.807) is 11.8 Å². The lowest BCUT2D eigenvalue weighted by molar-refractivity contribution is 0.629. The zero-order chi connectivity index (χ0) is 8.27. The average Bonchev–Trinajstić information content (AvgIpc) is 2.26. The fourth-order valence-electron chi connectivity index (χ4n) is 0.775. The molecular formula is C6H11BrN4. The van der Waals surface area contributed by atoms with Gasteiger partial charge in [-0.15, -0.1) is 5.10 Å². The Balaban J connectivity index is 2.62. The molecule has 1 heterocycles. The van der Waals surface area contributed by atoms with Crippen LogP contribution in [0.2, 0.25) is 0 Å². The lowest BCUT2D eigenvalue weighted by Crippen LogP contribution is -2.12. The molecule has 1 N–H and O–H groups in total. The Bertz CT molecular complexity index is 232. The molecule has 1 aromatic heterocycles. The van der Waals surface area contributed by atoms with E-state index in [-0.39, 0.29) is 0 Å². The Morgan fingerprint density at radius 1 is 1.55 bits per heavy atom. The molecule has 0 fully saturated rings. The summed E-state index contributed by atoms with van der Waals surface area (Å²) in [5.41, 5.74) is 0.953. The third kappa shape index (κ3) is 2.27. The number of halogens is 1. The predicted octanol–water partition coefficient (Wildman–Crippen LogP) is 0.687. The Kier molecular flexibility index (Phi) is 3.02. The van der Waals surface area contributed by atoms with E-state index in [0.717, 1.165) is 23.4 Å². The molecule has 0 aromatic carbocycles. The van der Waals surface area contributed by atoms with Crippen molar-refractivity contribution in [1.82, 2.24) is 20.3 Å². The molecule has 0 saturated carbocycles. The quantitative estimate of drug-likeness (QED) is 0.813. The van der Waals surface area contributed by atoms with Crippen LogP contribution >= 0.6 is 15.9 Å². The first-order chi connectivity index (χ1) is 5.24. The lowest BCUT2D eigenvalue weighted by Gasteiger charge is -1.95. The van der Waals surface area contributed by atoms with Gasteiger partial charge in [-0.05, 0) is 22.5 Å². The summed E-state index contributed by atoms with van der Waals surface area (Å²) in [7, 11) is 1.81. The molecule has 0 saturated heterocycles. The van der Waals surface area contributed by atoms with Gasteiger partial charge in [0.05, 0.1) is 0 Å². The fraction of sp³-hybridized carbons (Fsp3) is 0.667. The molecule has 0 aliphatic rings. The van der Waals surface area contributed by atoms with Crippen molar-refractivity contribution in [2.24, 2.45) is 7.05 Å². The van der Waals surface area contributed by atoms with Gasteiger partial charge in [-0.1, -0.05) is 6.92 Å². The van der Waals surface area contributed by atoms with Crippen molar-refractivity contribution < 1.29 is 0 Å². The van der Waals surface area contributed by atoms with E-state index in [1.807, 2.05) is 0 Å². The van der Waals surface area contributed by atoms with Crippen LogP contribution in [-0.4, -0.2) is 21.5 Å². The van der Waals surface area contributed by atoms with Crippen molar-refractivity contribution in [3.05, 3.63) is 10.3 Å². The molecule has 62 valence electrons. The van der Waals surface area contributed by atoms with E-state index in [4.69, 9.17) is 0 Å². The van der Waals surface area contributed by atoms with Gasteiger partial charge < -0.3 is 5.32 Å². The SMILES string of the molecule is CCNCc1nn(C)nc1Br. The highest BCUT2D eigenvalue weighted by molar-refractivity contribution is 9.10. The number of hydrogen-bond donors (Lipinski definition) is 1. The van der Waals surface area contributed by atoms with E-state index in [9.17, 15) is 0 Å². The first-order valence-electron chi connectivity index (χ1n) is 3.50. The topological polar surface area (TPSA) is 42.7 Å². The first-order valence-corrected chi connectivity index (χ1v) is 4.29. The minimum absolute atomic E-state index is 0.769. The van der Waals surface area contributed by atoms with Crippen molar-refractivity contribution in [2.75, 3.05) is 6.54 Å². The van der Waals surface area contributed by atoms with Gasteiger partial charge in [0.1, 0.15) is 5.69 Å². The van der Waals surface area contributed by atoms with E-state index >= 15 is 0 Å². The van der Waals surface area contributed by atoms with E-state index in [0.29, 0.717) is 0 Å². The predicted molar refractivity (Wildman–Crippen MR) is 46.1 cm³/mol. The summed E-state index contributed by atoms with van der Waals surface area (Å²) in [6.45, 7) is 3.78. The van der Waals surface area contributed by atoms with Gasteiger partial charge >= 0.3 is 0 Å². The molecular weight excluding hydrogens is 208 g/mol. The van der Waals surface area contributed by atoms with Crippen molar-refractivity contribution in [2.45, 2.75) is 13.5 Å². The Labute approximate surface area is 74.1 Å². The third-order valence-electron chi connectivity index (χ3n) is 1.28. The molecule has 0 atom stereocenters.